The number of hydrogen-bond acceptors (Lipinski definition) is 3. The van der Waals surface area contributed by atoms with Crippen LogP contribution < -0.4 is 11.1 Å². The molecule has 1 amide bonds. The van der Waals surface area contributed by atoms with Gasteiger partial charge in [0.1, 0.15) is 0 Å². The number of amides is 1. The number of carbonyl (C=O) groups excluding carboxylic acids is 1. The molecule has 20 heavy (non-hydrogen) atoms. The predicted octanol–water partition coefficient (Wildman–Crippen LogP) is 1.42. The summed E-state index contributed by atoms with van der Waals surface area (Å²) in [6.07, 6.45) is 7.32. The Morgan fingerprint density at radius 3 is 2.70 bits per heavy atom. The van der Waals surface area contributed by atoms with Gasteiger partial charge in [-0.25, -0.2) is 0 Å². The minimum Gasteiger partial charge on any atom is -0.392 e. The molecule has 3 aliphatic rings. The third-order valence-corrected chi connectivity index (χ3v) is 6.23. The lowest BCUT2D eigenvalue weighted by Crippen LogP contribution is -2.50. The van der Waals surface area contributed by atoms with E-state index in [1.54, 1.807) is 0 Å². The Morgan fingerprint density at radius 1 is 1.30 bits per heavy atom. The van der Waals surface area contributed by atoms with Gasteiger partial charge in [-0.05, 0) is 43.9 Å². The standard InChI is InChI=1S/C16H28N2O2/c1-16(7-3-2-4-12(16)19)9-18-15(20)13-10-5-6-11(8-10)14(13)17/h10-14,19H,2-9,17H2,1H3,(H,18,20). The van der Waals surface area contributed by atoms with Crippen molar-refractivity contribution in [3.63, 3.8) is 0 Å². The van der Waals surface area contributed by atoms with E-state index in [9.17, 15) is 9.90 Å². The van der Waals surface area contributed by atoms with E-state index in [0.29, 0.717) is 18.4 Å². The van der Waals surface area contributed by atoms with E-state index in [4.69, 9.17) is 5.73 Å². The Balaban J connectivity index is 1.57. The van der Waals surface area contributed by atoms with Crippen molar-refractivity contribution in [3.8, 4) is 0 Å². The molecule has 114 valence electrons. The van der Waals surface area contributed by atoms with E-state index in [1.807, 2.05) is 0 Å². The molecule has 2 bridgehead atoms. The van der Waals surface area contributed by atoms with Gasteiger partial charge in [-0.2, -0.15) is 0 Å². The summed E-state index contributed by atoms with van der Waals surface area (Å²) in [5.74, 6) is 1.20. The van der Waals surface area contributed by atoms with Crippen LogP contribution in [0.15, 0.2) is 0 Å². The van der Waals surface area contributed by atoms with Gasteiger partial charge in [0.05, 0.1) is 12.0 Å². The third kappa shape index (κ3) is 2.37. The van der Waals surface area contributed by atoms with Gasteiger partial charge >= 0.3 is 0 Å². The molecule has 0 radical (unpaired) electrons. The van der Waals surface area contributed by atoms with Crippen molar-refractivity contribution in [1.29, 1.82) is 0 Å². The maximum absolute atomic E-state index is 12.5. The van der Waals surface area contributed by atoms with Crippen LogP contribution in [0.5, 0.6) is 0 Å². The fourth-order valence-corrected chi connectivity index (χ4v) is 4.72. The summed E-state index contributed by atoms with van der Waals surface area (Å²) in [6, 6.07) is 0.0536. The molecule has 3 aliphatic carbocycles. The molecule has 3 rings (SSSR count). The molecule has 3 fully saturated rings. The molecule has 0 aromatic carbocycles. The molecule has 0 heterocycles. The summed E-state index contributed by atoms with van der Waals surface area (Å²) < 4.78 is 0. The fraction of sp³-hybridized carbons (Fsp3) is 0.938. The van der Waals surface area contributed by atoms with Gasteiger partial charge in [-0.3, -0.25) is 4.79 Å². The van der Waals surface area contributed by atoms with E-state index < -0.39 is 0 Å². The van der Waals surface area contributed by atoms with Crippen LogP contribution in [0.2, 0.25) is 0 Å². The number of aliphatic hydroxyl groups is 1. The highest BCUT2D eigenvalue weighted by atomic mass is 16.3. The smallest absolute Gasteiger partial charge is 0.224 e. The Bertz CT molecular complexity index is 385. The predicted molar refractivity (Wildman–Crippen MR) is 77.9 cm³/mol. The quantitative estimate of drug-likeness (QED) is 0.732. The molecule has 4 heteroatoms. The van der Waals surface area contributed by atoms with Crippen LogP contribution in [0.25, 0.3) is 0 Å². The Morgan fingerprint density at radius 2 is 2.05 bits per heavy atom. The van der Waals surface area contributed by atoms with Crippen molar-refractivity contribution in [2.45, 2.75) is 64.0 Å². The van der Waals surface area contributed by atoms with Crippen molar-refractivity contribution in [3.05, 3.63) is 0 Å². The lowest BCUT2D eigenvalue weighted by Gasteiger charge is -2.39. The van der Waals surface area contributed by atoms with Gasteiger partial charge < -0.3 is 16.2 Å². The lowest BCUT2D eigenvalue weighted by atomic mass is 9.73. The monoisotopic (exact) mass is 280 g/mol. The highest BCUT2D eigenvalue weighted by Crippen LogP contribution is 2.47. The normalized spacial score (nSPS) is 47.5. The van der Waals surface area contributed by atoms with Crippen LogP contribution in [-0.2, 0) is 4.79 Å². The van der Waals surface area contributed by atoms with Crippen molar-refractivity contribution in [1.82, 2.24) is 5.32 Å². The first-order valence-corrected chi connectivity index (χ1v) is 8.22. The van der Waals surface area contributed by atoms with Crippen molar-refractivity contribution in [2.24, 2.45) is 28.9 Å². The third-order valence-electron chi connectivity index (χ3n) is 6.23. The maximum Gasteiger partial charge on any atom is 0.224 e. The largest absolute Gasteiger partial charge is 0.392 e. The number of aliphatic hydroxyl groups excluding tert-OH is 1. The van der Waals surface area contributed by atoms with Crippen molar-refractivity contribution in [2.75, 3.05) is 6.54 Å². The SMILES string of the molecule is CC1(CNC(=O)C2C3CCC(C3)C2N)CCCCC1O. The number of fused-ring (bicyclic) bond motifs is 2. The second kappa shape index (κ2) is 5.30. The molecule has 4 N–H and O–H groups in total. The highest BCUT2D eigenvalue weighted by Gasteiger charge is 2.49. The topological polar surface area (TPSA) is 75.4 Å². The Labute approximate surface area is 121 Å². The van der Waals surface area contributed by atoms with Gasteiger partial charge in [0.15, 0.2) is 0 Å². The molecule has 0 saturated heterocycles. The minimum atomic E-state index is -0.287. The van der Waals surface area contributed by atoms with Gasteiger partial charge in [-0.1, -0.05) is 19.8 Å². The van der Waals surface area contributed by atoms with Crippen molar-refractivity contribution < 1.29 is 9.90 Å². The number of rotatable bonds is 3. The highest BCUT2D eigenvalue weighted by molar-refractivity contribution is 5.80. The summed E-state index contributed by atoms with van der Waals surface area (Å²) in [5, 5.41) is 13.3. The number of nitrogens with two attached hydrogens (primary N) is 1. The second-order valence-corrected chi connectivity index (χ2v) is 7.57. The average molecular weight is 280 g/mol. The average Bonchev–Trinajstić information content (AvgIpc) is 3.01. The number of nitrogens with one attached hydrogen (secondary N) is 1. The van der Waals surface area contributed by atoms with Crippen LogP contribution >= 0.6 is 0 Å². The van der Waals surface area contributed by atoms with E-state index in [2.05, 4.69) is 12.2 Å². The lowest BCUT2D eigenvalue weighted by molar-refractivity contribution is -0.128. The number of carbonyl (C=O) groups is 1. The minimum absolute atomic E-state index is 0.0121. The van der Waals surface area contributed by atoms with E-state index in [-0.39, 0.29) is 29.4 Å². The van der Waals surface area contributed by atoms with Crippen LogP contribution in [0.3, 0.4) is 0 Å². The molecule has 0 aromatic rings. The molecule has 0 aliphatic heterocycles. The van der Waals surface area contributed by atoms with Crippen LogP contribution in [0, 0.1) is 23.2 Å². The summed E-state index contributed by atoms with van der Waals surface area (Å²) in [7, 11) is 0. The van der Waals surface area contributed by atoms with E-state index in [0.717, 1.165) is 38.5 Å². The zero-order valence-electron chi connectivity index (χ0n) is 12.5. The molecule has 3 saturated carbocycles. The van der Waals surface area contributed by atoms with Crippen LogP contribution in [-0.4, -0.2) is 29.7 Å². The summed E-state index contributed by atoms with van der Waals surface area (Å²) in [4.78, 5) is 12.5. The summed E-state index contributed by atoms with van der Waals surface area (Å²) in [6.45, 7) is 2.69. The molecule has 6 unspecified atom stereocenters. The van der Waals surface area contributed by atoms with E-state index >= 15 is 0 Å². The maximum atomic E-state index is 12.5. The van der Waals surface area contributed by atoms with Gasteiger partial charge in [-0.15, -0.1) is 0 Å². The van der Waals surface area contributed by atoms with Gasteiger partial charge in [0.2, 0.25) is 5.91 Å². The Kier molecular flexibility index (Phi) is 3.80. The summed E-state index contributed by atoms with van der Waals surface area (Å²) in [5.41, 5.74) is 6.07. The van der Waals surface area contributed by atoms with Crippen LogP contribution in [0.4, 0.5) is 0 Å². The molecular formula is C16H28N2O2. The first-order chi connectivity index (χ1) is 9.51. The molecule has 4 nitrogen and oxygen atoms in total. The zero-order chi connectivity index (χ0) is 14.3. The first-order valence-electron chi connectivity index (χ1n) is 8.22. The Hall–Kier alpha value is -0.610. The molecule has 6 atom stereocenters. The summed E-state index contributed by atoms with van der Waals surface area (Å²) >= 11 is 0. The molecule has 0 aromatic heterocycles. The number of hydrogen-bond donors (Lipinski definition) is 3. The molecule has 0 spiro atoms. The second-order valence-electron chi connectivity index (χ2n) is 7.57. The fourth-order valence-electron chi connectivity index (χ4n) is 4.72. The first kappa shape index (κ1) is 14.3. The van der Waals surface area contributed by atoms with E-state index in [1.165, 1.54) is 6.42 Å². The van der Waals surface area contributed by atoms with Gasteiger partial charge in [0.25, 0.3) is 0 Å². The van der Waals surface area contributed by atoms with Gasteiger partial charge in [0, 0.05) is 18.0 Å². The van der Waals surface area contributed by atoms with Crippen molar-refractivity contribution >= 4 is 5.91 Å². The zero-order valence-corrected chi connectivity index (χ0v) is 12.5. The molecular weight excluding hydrogens is 252 g/mol. The van der Waals surface area contributed by atoms with Crippen LogP contribution in [0.1, 0.15) is 51.9 Å².